The number of hydrogen-bond acceptors (Lipinski definition) is 2. The van der Waals surface area contributed by atoms with Crippen LogP contribution < -0.4 is 0 Å². The topological polar surface area (TPSA) is 50.2 Å². The molecule has 0 aliphatic carbocycles. The molecule has 88 valence electrons. The van der Waals surface area contributed by atoms with Crippen LogP contribution in [0.1, 0.15) is 41.5 Å². The smallest absolute Gasteiger partial charge is 0.434 e. The van der Waals surface area contributed by atoms with Crippen LogP contribution in [0.25, 0.3) is 0 Å². The Kier molecular flexibility index (Phi) is 3.21. The lowest BCUT2D eigenvalue weighted by atomic mass is 10.1. The van der Waals surface area contributed by atoms with Crippen molar-refractivity contribution in [2.24, 2.45) is 0 Å². The molecule has 1 aromatic rings. The summed E-state index contributed by atoms with van der Waals surface area (Å²) in [5, 5.41) is 8.62. The predicted molar refractivity (Wildman–Crippen MR) is 50.3 cm³/mol. The zero-order valence-electron chi connectivity index (χ0n) is 8.67. The number of rotatable bonds is 2. The maximum atomic E-state index is 12.5. The molecule has 0 saturated carbocycles. The van der Waals surface area contributed by atoms with E-state index in [0.29, 0.717) is 0 Å². The van der Waals surface area contributed by atoms with Crippen molar-refractivity contribution in [1.29, 1.82) is 0 Å². The molecule has 0 aliphatic rings. The fraction of sp³-hybridized carbons (Fsp3) is 0.400. The van der Waals surface area contributed by atoms with Gasteiger partial charge in [0.25, 0.3) is 0 Å². The molecule has 1 rings (SSSR count). The highest BCUT2D eigenvalue weighted by molar-refractivity contribution is 5.89. The minimum Gasteiger partial charge on any atom is -0.478 e. The Bertz CT molecular complexity index is 413. The predicted octanol–water partition coefficient (Wildman–Crippen LogP) is 2.92. The second-order valence-electron chi connectivity index (χ2n) is 3.59. The highest BCUT2D eigenvalue weighted by Crippen LogP contribution is 2.31. The first-order valence-electron chi connectivity index (χ1n) is 4.55. The maximum absolute atomic E-state index is 12.5. The second-order valence-corrected chi connectivity index (χ2v) is 3.59. The van der Waals surface area contributed by atoms with Gasteiger partial charge in [-0.05, 0) is 18.1 Å². The fourth-order valence-corrected chi connectivity index (χ4v) is 1.18. The van der Waals surface area contributed by atoms with Gasteiger partial charge < -0.3 is 5.11 Å². The van der Waals surface area contributed by atoms with E-state index in [1.165, 1.54) is 6.07 Å². The van der Waals surface area contributed by atoms with Gasteiger partial charge in [0.1, 0.15) is 0 Å². The molecule has 0 aromatic carbocycles. The third-order valence-corrected chi connectivity index (χ3v) is 2.01. The zero-order chi connectivity index (χ0) is 12.5. The van der Waals surface area contributed by atoms with Crippen LogP contribution >= 0.6 is 0 Å². The van der Waals surface area contributed by atoms with Crippen molar-refractivity contribution < 1.29 is 23.1 Å². The molecule has 0 amide bonds. The Morgan fingerprint density at radius 2 is 1.94 bits per heavy atom. The molecule has 0 aliphatic heterocycles. The molecular formula is C10H10F3NO2. The molecule has 16 heavy (non-hydrogen) atoms. The molecule has 1 aromatic heterocycles. The second kappa shape index (κ2) is 4.11. The molecule has 1 N–H and O–H groups in total. The molecule has 0 radical (unpaired) electrons. The Balaban J connectivity index is 3.39. The summed E-state index contributed by atoms with van der Waals surface area (Å²) in [7, 11) is 0. The zero-order valence-corrected chi connectivity index (χ0v) is 8.67. The molecule has 1 heterocycles. The Hall–Kier alpha value is -1.59. The van der Waals surface area contributed by atoms with Gasteiger partial charge >= 0.3 is 12.1 Å². The highest BCUT2D eigenvalue weighted by atomic mass is 19.4. The summed E-state index contributed by atoms with van der Waals surface area (Å²) in [5.74, 6) is -1.82. The molecule has 0 unspecified atom stereocenters. The van der Waals surface area contributed by atoms with E-state index < -0.39 is 23.4 Å². The van der Waals surface area contributed by atoms with Crippen molar-refractivity contribution in [3.05, 3.63) is 29.1 Å². The normalized spacial score (nSPS) is 11.9. The number of aromatic carboxylic acids is 1. The van der Waals surface area contributed by atoms with E-state index in [1.807, 2.05) is 0 Å². The van der Waals surface area contributed by atoms with Gasteiger partial charge in [-0.1, -0.05) is 13.8 Å². The van der Waals surface area contributed by atoms with E-state index in [0.717, 1.165) is 6.07 Å². The number of halogens is 3. The van der Waals surface area contributed by atoms with Crippen molar-refractivity contribution in [1.82, 2.24) is 4.98 Å². The summed E-state index contributed by atoms with van der Waals surface area (Å²) in [6.07, 6.45) is -4.75. The fourth-order valence-electron chi connectivity index (χ4n) is 1.18. The SMILES string of the molecule is CC(C)c1ccc(C(=O)O)c(C(F)(F)F)n1. The number of carboxylic acids is 1. The van der Waals surface area contributed by atoms with Crippen LogP contribution in [0.5, 0.6) is 0 Å². The van der Waals surface area contributed by atoms with Crippen molar-refractivity contribution in [3.63, 3.8) is 0 Å². The Morgan fingerprint density at radius 3 is 2.31 bits per heavy atom. The lowest BCUT2D eigenvalue weighted by molar-refractivity contribution is -0.141. The van der Waals surface area contributed by atoms with Crippen LogP contribution in [0.15, 0.2) is 12.1 Å². The van der Waals surface area contributed by atoms with Gasteiger partial charge in [-0.2, -0.15) is 13.2 Å². The lowest BCUT2D eigenvalue weighted by Crippen LogP contribution is -2.16. The average molecular weight is 233 g/mol. The van der Waals surface area contributed by atoms with E-state index in [4.69, 9.17) is 5.11 Å². The summed E-state index contributed by atoms with van der Waals surface area (Å²) in [5.41, 5.74) is -1.94. The van der Waals surface area contributed by atoms with E-state index in [-0.39, 0.29) is 11.6 Å². The van der Waals surface area contributed by atoms with E-state index in [9.17, 15) is 18.0 Å². The quantitative estimate of drug-likeness (QED) is 0.854. The number of hydrogen-bond donors (Lipinski definition) is 1. The number of carbonyl (C=O) groups is 1. The third kappa shape index (κ3) is 2.50. The number of carboxylic acid groups (broad SMARTS) is 1. The monoisotopic (exact) mass is 233 g/mol. The number of pyridine rings is 1. The van der Waals surface area contributed by atoms with Crippen LogP contribution in [0.2, 0.25) is 0 Å². The number of aromatic nitrogens is 1. The van der Waals surface area contributed by atoms with Gasteiger partial charge in [0.15, 0.2) is 5.69 Å². The van der Waals surface area contributed by atoms with Gasteiger partial charge in [-0.25, -0.2) is 9.78 Å². The van der Waals surface area contributed by atoms with Gasteiger partial charge in [-0.15, -0.1) is 0 Å². The van der Waals surface area contributed by atoms with Crippen LogP contribution in [0.4, 0.5) is 13.2 Å². The first-order chi connectivity index (χ1) is 7.23. The minimum atomic E-state index is -4.75. The van der Waals surface area contributed by atoms with E-state index in [1.54, 1.807) is 13.8 Å². The summed E-state index contributed by atoms with van der Waals surface area (Å²) in [6, 6.07) is 2.23. The Morgan fingerprint density at radius 1 is 1.38 bits per heavy atom. The minimum absolute atomic E-state index is 0.191. The standard InChI is InChI=1S/C10H10F3NO2/c1-5(2)7-4-3-6(9(15)16)8(14-7)10(11,12)13/h3-5H,1-2H3,(H,15,16). The van der Waals surface area contributed by atoms with E-state index in [2.05, 4.69) is 4.98 Å². The van der Waals surface area contributed by atoms with Gasteiger partial charge in [-0.3, -0.25) is 0 Å². The van der Waals surface area contributed by atoms with Crippen LogP contribution in [0.3, 0.4) is 0 Å². The molecule has 0 bridgehead atoms. The summed E-state index contributed by atoms with van der Waals surface area (Å²) < 4.78 is 37.6. The summed E-state index contributed by atoms with van der Waals surface area (Å²) in [4.78, 5) is 14.0. The van der Waals surface area contributed by atoms with Gasteiger partial charge in [0, 0.05) is 5.69 Å². The van der Waals surface area contributed by atoms with Crippen LogP contribution in [0, 0.1) is 0 Å². The summed E-state index contributed by atoms with van der Waals surface area (Å²) in [6.45, 7) is 3.37. The van der Waals surface area contributed by atoms with Gasteiger partial charge in [0.2, 0.25) is 0 Å². The largest absolute Gasteiger partial charge is 0.478 e. The van der Waals surface area contributed by atoms with E-state index >= 15 is 0 Å². The highest BCUT2D eigenvalue weighted by Gasteiger charge is 2.37. The van der Waals surface area contributed by atoms with Crippen molar-refractivity contribution in [2.45, 2.75) is 25.9 Å². The van der Waals surface area contributed by atoms with Crippen LogP contribution in [-0.4, -0.2) is 16.1 Å². The van der Waals surface area contributed by atoms with Crippen molar-refractivity contribution in [2.75, 3.05) is 0 Å². The van der Waals surface area contributed by atoms with Crippen LogP contribution in [-0.2, 0) is 6.18 Å². The lowest BCUT2D eigenvalue weighted by Gasteiger charge is -2.12. The first kappa shape index (κ1) is 12.5. The number of nitrogens with zero attached hydrogens (tertiary/aromatic N) is 1. The van der Waals surface area contributed by atoms with Crippen molar-refractivity contribution >= 4 is 5.97 Å². The molecule has 6 heteroatoms. The maximum Gasteiger partial charge on any atom is 0.434 e. The summed E-state index contributed by atoms with van der Waals surface area (Å²) >= 11 is 0. The van der Waals surface area contributed by atoms with Gasteiger partial charge in [0.05, 0.1) is 5.56 Å². The molecular weight excluding hydrogens is 223 g/mol. The first-order valence-corrected chi connectivity index (χ1v) is 4.55. The third-order valence-electron chi connectivity index (χ3n) is 2.01. The molecule has 3 nitrogen and oxygen atoms in total. The molecule has 0 saturated heterocycles. The van der Waals surface area contributed by atoms with Crippen molar-refractivity contribution in [3.8, 4) is 0 Å². The average Bonchev–Trinajstić information content (AvgIpc) is 2.15. The number of alkyl halides is 3. The molecule has 0 fully saturated rings. The molecule has 0 spiro atoms. The molecule has 0 atom stereocenters. The Labute approximate surface area is 89.9 Å².